The summed E-state index contributed by atoms with van der Waals surface area (Å²) in [5.74, 6) is -0.395. The summed E-state index contributed by atoms with van der Waals surface area (Å²) < 4.78 is 0. The Bertz CT molecular complexity index is 555. The smallest absolute Gasteiger partial charge is 0.316 e. The van der Waals surface area contributed by atoms with Crippen LogP contribution in [0.1, 0.15) is 25.2 Å². The monoisotopic (exact) mass is 218 g/mol. The van der Waals surface area contributed by atoms with Crippen LogP contribution in [0.25, 0.3) is 11.0 Å². The summed E-state index contributed by atoms with van der Waals surface area (Å²) in [6, 6.07) is 5.78. The van der Waals surface area contributed by atoms with Crippen LogP contribution in [0.3, 0.4) is 0 Å². The van der Waals surface area contributed by atoms with Crippen molar-refractivity contribution in [1.82, 2.24) is 9.97 Å². The Balaban J connectivity index is 2.64. The molecule has 0 aliphatic carbocycles. The number of aliphatic carboxylic acids is 1. The van der Waals surface area contributed by atoms with E-state index in [0.717, 1.165) is 16.6 Å². The highest BCUT2D eigenvalue weighted by molar-refractivity contribution is 5.83. The molecule has 0 radical (unpaired) electrons. The third-order valence-corrected chi connectivity index (χ3v) is 2.84. The van der Waals surface area contributed by atoms with Crippen LogP contribution in [0, 0.1) is 6.92 Å². The summed E-state index contributed by atoms with van der Waals surface area (Å²) in [7, 11) is 0. The molecular formula is C12H14N2O2. The van der Waals surface area contributed by atoms with Crippen molar-refractivity contribution in [2.75, 3.05) is 0 Å². The zero-order valence-corrected chi connectivity index (χ0v) is 9.53. The lowest BCUT2D eigenvalue weighted by molar-refractivity contribution is -0.142. The lowest BCUT2D eigenvalue weighted by Gasteiger charge is -2.15. The average Bonchev–Trinajstić information content (AvgIpc) is 2.63. The van der Waals surface area contributed by atoms with Gasteiger partial charge in [-0.05, 0) is 32.4 Å². The molecule has 0 fully saturated rings. The van der Waals surface area contributed by atoms with Gasteiger partial charge in [-0.25, -0.2) is 4.98 Å². The summed E-state index contributed by atoms with van der Waals surface area (Å²) in [6.07, 6.45) is 0. The molecule has 2 N–H and O–H groups in total. The number of fused-ring (bicyclic) bond motifs is 1. The maximum absolute atomic E-state index is 11.1. The van der Waals surface area contributed by atoms with Gasteiger partial charge in [-0.3, -0.25) is 4.79 Å². The number of aryl methyl sites for hydroxylation is 1. The Hall–Kier alpha value is -1.84. The molecule has 1 heterocycles. The van der Waals surface area contributed by atoms with Gasteiger partial charge in [-0.2, -0.15) is 0 Å². The van der Waals surface area contributed by atoms with E-state index >= 15 is 0 Å². The van der Waals surface area contributed by atoms with Crippen molar-refractivity contribution in [1.29, 1.82) is 0 Å². The maximum atomic E-state index is 11.1. The van der Waals surface area contributed by atoms with Crippen molar-refractivity contribution in [3.05, 3.63) is 29.6 Å². The minimum Gasteiger partial charge on any atom is -0.481 e. The van der Waals surface area contributed by atoms with Crippen LogP contribution in [0.2, 0.25) is 0 Å². The van der Waals surface area contributed by atoms with Crippen LogP contribution in [-0.2, 0) is 10.2 Å². The Labute approximate surface area is 93.3 Å². The van der Waals surface area contributed by atoms with Crippen molar-refractivity contribution in [3.8, 4) is 0 Å². The standard InChI is InChI=1S/C12H14N2O2/c1-7-5-4-6-8-9(7)14-10(13-8)12(2,3)11(15)16/h4-6H,1-3H3,(H,13,14)(H,15,16). The quantitative estimate of drug-likeness (QED) is 0.812. The number of imidazole rings is 1. The van der Waals surface area contributed by atoms with E-state index in [1.54, 1.807) is 13.8 Å². The molecule has 84 valence electrons. The fourth-order valence-electron chi connectivity index (χ4n) is 1.57. The average molecular weight is 218 g/mol. The maximum Gasteiger partial charge on any atom is 0.316 e. The van der Waals surface area contributed by atoms with Crippen LogP contribution in [0.4, 0.5) is 0 Å². The topological polar surface area (TPSA) is 66.0 Å². The van der Waals surface area contributed by atoms with E-state index in [0.29, 0.717) is 5.82 Å². The van der Waals surface area contributed by atoms with Crippen LogP contribution in [0.5, 0.6) is 0 Å². The first-order valence-corrected chi connectivity index (χ1v) is 5.12. The molecule has 1 aromatic heterocycles. The third kappa shape index (κ3) is 1.46. The number of aromatic nitrogens is 2. The number of hydrogen-bond acceptors (Lipinski definition) is 2. The molecule has 4 heteroatoms. The van der Waals surface area contributed by atoms with Crippen LogP contribution in [-0.4, -0.2) is 21.0 Å². The third-order valence-electron chi connectivity index (χ3n) is 2.84. The lowest BCUT2D eigenvalue weighted by Crippen LogP contribution is -2.29. The first-order chi connectivity index (χ1) is 7.43. The van der Waals surface area contributed by atoms with E-state index in [1.807, 2.05) is 25.1 Å². The number of aromatic amines is 1. The minimum atomic E-state index is -0.995. The number of carboxylic acid groups (broad SMARTS) is 1. The van der Waals surface area contributed by atoms with Gasteiger partial charge < -0.3 is 10.1 Å². The number of carboxylic acids is 1. The van der Waals surface area contributed by atoms with Gasteiger partial charge in [-0.15, -0.1) is 0 Å². The van der Waals surface area contributed by atoms with Crippen molar-refractivity contribution < 1.29 is 9.90 Å². The number of benzene rings is 1. The fraction of sp³-hybridized carbons (Fsp3) is 0.333. The molecule has 16 heavy (non-hydrogen) atoms. The molecule has 0 saturated carbocycles. The lowest BCUT2D eigenvalue weighted by atomic mass is 9.93. The number of rotatable bonds is 2. The van der Waals surface area contributed by atoms with Gasteiger partial charge in [0.1, 0.15) is 11.2 Å². The van der Waals surface area contributed by atoms with Crippen molar-refractivity contribution in [2.24, 2.45) is 0 Å². The predicted molar refractivity (Wildman–Crippen MR) is 61.5 cm³/mol. The zero-order valence-electron chi connectivity index (χ0n) is 9.53. The minimum absolute atomic E-state index is 0.490. The SMILES string of the molecule is Cc1cccc2[nH]c(C(C)(C)C(=O)O)nc12. The molecular weight excluding hydrogens is 204 g/mol. The second-order valence-corrected chi connectivity index (χ2v) is 4.49. The van der Waals surface area contributed by atoms with E-state index in [1.165, 1.54) is 0 Å². The molecule has 0 spiro atoms. The van der Waals surface area contributed by atoms with E-state index in [2.05, 4.69) is 9.97 Å². The highest BCUT2D eigenvalue weighted by Crippen LogP contribution is 2.24. The summed E-state index contributed by atoms with van der Waals surface area (Å²) in [5.41, 5.74) is 1.77. The molecule has 0 unspecified atom stereocenters. The van der Waals surface area contributed by atoms with Crippen molar-refractivity contribution in [2.45, 2.75) is 26.2 Å². The molecule has 4 nitrogen and oxygen atoms in total. The molecule has 0 aliphatic heterocycles. The van der Waals surface area contributed by atoms with Gasteiger partial charge in [0.2, 0.25) is 0 Å². The molecule has 1 aromatic carbocycles. The molecule has 0 atom stereocenters. The number of carbonyl (C=O) groups is 1. The van der Waals surface area contributed by atoms with Gasteiger partial charge in [0, 0.05) is 0 Å². The Morgan fingerprint density at radius 3 is 2.69 bits per heavy atom. The van der Waals surface area contributed by atoms with Crippen molar-refractivity contribution >= 4 is 17.0 Å². The van der Waals surface area contributed by atoms with Crippen molar-refractivity contribution in [3.63, 3.8) is 0 Å². The largest absolute Gasteiger partial charge is 0.481 e. The number of para-hydroxylation sites is 1. The second kappa shape index (κ2) is 3.33. The first kappa shape index (κ1) is 10.7. The Morgan fingerprint density at radius 2 is 2.12 bits per heavy atom. The first-order valence-electron chi connectivity index (χ1n) is 5.12. The van der Waals surface area contributed by atoms with Gasteiger partial charge >= 0.3 is 5.97 Å². The normalized spacial score (nSPS) is 11.9. The van der Waals surface area contributed by atoms with Gasteiger partial charge in [0.05, 0.1) is 11.0 Å². The summed E-state index contributed by atoms with van der Waals surface area (Å²) in [4.78, 5) is 18.6. The van der Waals surface area contributed by atoms with Gasteiger partial charge in [0.15, 0.2) is 0 Å². The zero-order chi connectivity index (χ0) is 11.9. The number of hydrogen-bond donors (Lipinski definition) is 2. The Kier molecular flexibility index (Phi) is 2.22. The number of nitrogens with zero attached hydrogens (tertiary/aromatic N) is 1. The van der Waals surface area contributed by atoms with E-state index in [-0.39, 0.29) is 0 Å². The van der Waals surface area contributed by atoms with Crippen LogP contribution < -0.4 is 0 Å². The highest BCUT2D eigenvalue weighted by atomic mass is 16.4. The molecule has 0 aliphatic rings. The molecule has 2 aromatic rings. The molecule has 0 amide bonds. The molecule has 2 rings (SSSR count). The predicted octanol–water partition coefficient (Wildman–Crippen LogP) is 2.23. The fourth-order valence-corrected chi connectivity index (χ4v) is 1.57. The van der Waals surface area contributed by atoms with E-state index in [4.69, 9.17) is 5.11 Å². The summed E-state index contributed by atoms with van der Waals surface area (Å²) in [6.45, 7) is 5.24. The summed E-state index contributed by atoms with van der Waals surface area (Å²) in [5, 5.41) is 9.13. The Morgan fingerprint density at radius 1 is 1.44 bits per heavy atom. The number of nitrogens with one attached hydrogen (secondary N) is 1. The van der Waals surface area contributed by atoms with Gasteiger partial charge in [-0.1, -0.05) is 12.1 Å². The summed E-state index contributed by atoms with van der Waals surface area (Å²) >= 11 is 0. The molecule has 0 saturated heterocycles. The van der Waals surface area contributed by atoms with E-state index < -0.39 is 11.4 Å². The highest BCUT2D eigenvalue weighted by Gasteiger charge is 2.32. The van der Waals surface area contributed by atoms with E-state index in [9.17, 15) is 4.79 Å². The second-order valence-electron chi connectivity index (χ2n) is 4.49. The van der Waals surface area contributed by atoms with Crippen LogP contribution >= 0.6 is 0 Å². The van der Waals surface area contributed by atoms with Crippen LogP contribution in [0.15, 0.2) is 18.2 Å². The van der Waals surface area contributed by atoms with Gasteiger partial charge in [0.25, 0.3) is 0 Å². The number of H-pyrrole nitrogens is 1. The molecule has 0 bridgehead atoms.